The van der Waals surface area contributed by atoms with E-state index in [-0.39, 0.29) is 34.9 Å². The molecule has 0 N–H and O–H groups in total. The first kappa shape index (κ1) is 23.1. The first-order chi connectivity index (χ1) is 17.1. The van der Waals surface area contributed by atoms with Crippen LogP contribution in [-0.4, -0.2) is 39.8 Å². The van der Waals surface area contributed by atoms with Crippen molar-refractivity contribution in [2.75, 3.05) is 13.1 Å². The van der Waals surface area contributed by atoms with E-state index in [0.29, 0.717) is 37.1 Å². The van der Waals surface area contributed by atoms with E-state index in [1.165, 1.54) is 22.9 Å². The number of hydrogen-bond donors (Lipinski definition) is 0. The molecule has 5 nitrogen and oxygen atoms in total. The maximum Gasteiger partial charge on any atom is 0.420 e. The fraction of sp³-hybridized carbons (Fsp3) is 0.407. The van der Waals surface area contributed by atoms with Gasteiger partial charge in [0.25, 0.3) is 5.91 Å². The highest BCUT2D eigenvalue weighted by atomic mass is 19.4. The molecule has 0 radical (unpaired) electrons. The number of carbonyl (C=O) groups excluding carboxylic acids is 1. The lowest BCUT2D eigenvalue weighted by Gasteiger charge is -2.59. The van der Waals surface area contributed by atoms with Crippen molar-refractivity contribution in [3.05, 3.63) is 71.2 Å². The Balaban J connectivity index is 1.18. The molecule has 2 saturated carbocycles. The van der Waals surface area contributed by atoms with E-state index in [4.69, 9.17) is 4.74 Å². The Morgan fingerprint density at radius 1 is 1.11 bits per heavy atom. The van der Waals surface area contributed by atoms with Crippen LogP contribution in [0.4, 0.5) is 17.6 Å². The van der Waals surface area contributed by atoms with Crippen molar-refractivity contribution in [3.8, 4) is 17.0 Å². The number of alkyl halides is 3. The van der Waals surface area contributed by atoms with Crippen LogP contribution in [0.5, 0.6) is 5.75 Å². The van der Waals surface area contributed by atoms with Crippen molar-refractivity contribution in [2.45, 2.75) is 50.9 Å². The smallest absolute Gasteiger partial charge is 0.420 e. The van der Waals surface area contributed by atoms with Gasteiger partial charge < -0.3 is 9.64 Å². The second-order valence-electron chi connectivity index (χ2n) is 10.3. The zero-order chi connectivity index (χ0) is 25.2. The molecule has 2 aliphatic carbocycles. The van der Waals surface area contributed by atoms with Crippen LogP contribution in [0.1, 0.15) is 53.2 Å². The minimum absolute atomic E-state index is 0.0339. The summed E-state index contributed by atoms with van der Waals surface area (Å²) in [5.74, 6) is -0.390. The zero-order valence-corrected chi connectivity index (χ0v) is 19.7. The lowest BCUT2D eigenvalue weighted by molar-refractivity contribution is -0.137. The first-order valence-corrected chi connectivity index (χ1v) is 12.1. The van der Waals surface area contributed by atoms with E-state index in [0.717, 1.165) is 24.6 Å². The van der Waals surface area contributed by atoms with Crippen molar-refractivity contribution in [2.24, 2.45) is 5.41 Å². The van der Waals surface area contributed by atoms with E-state index >= 15 is 0 Å². The van der Waals surface area contributed by atoms with Crippen molar-refractivity contribution >= 4 is 5.91 Å². The SMILES string of the molecule is Cc1ccccc1-c1c(C(F)(F)F)cnn1C1CC2(C1)CN(C(=O)c1ccc(F)cc1OC1CC1)C2. The van der Waals surface area contributed by atoms with Gasteiger partial charge in [0.15, 0.2) is 0 Å². The molecule has 6 rings (SSSR count). The molecule has 0 unspecified atom stereocenters. The summed E-state index contributed by atoms with van der Waals surface area (Å²) < 4.78 is 62.4. The van der Waals surface area contributed by atoms with Crippen LogP contribution in [0.15, 0.2) is 48.7 Å². The van der Waals surface area contributed by atoms with E-state index in [2.05, 4.69) is 5.10 Å². The van der Waals surface area contributed by atoms with E-state index in [9.17, 15) is 22.4 Å². The Morgan fingerprint density at radius 3 is 2.50 bits per heavy atom. The molecule has 2 aromatic carbocycles. The van der Waals surface area contributed by atoms with Gasteiger partial charge in [0.2, 0.25) is 0 Å². The number of ether oxygens (including phenoxy) is 1. The van der Waals surface area contributed by atoms with Gasteiger partial charge in [-0.15, -0.1) is 0 Å². The minimum atomic E-state index is -4.51. The third-order valence-electron chi connectivity index (χ3n) is 7.52. The molecule has 36 heavy (non-hydrogen) atoms. The van der Waals surface area contributed by atoms with Gasteiger partial charge in [-0.2, -0.15) is 18.3 Å². The molecule has 3 fully saturated rings. The average molecular weight is 500 g/mol. The molecule has 1 saturated heterocycles. The van der Waals surface area contributed by atoms with Crippen LogP contribution >= 0.6 is 0 Å². The highest BCUT2D eigenvalue weighted by molar-refractivity contribution is 5.97. The molecule has 9 heteroatoms. The van der Waals surface area contributed by atoms with E-state index in [1.807, 2.05) is 0 Å². The summed E-state index contributed by atoms with van der Waals surface area (Å²) in [5.41, 5.74) is 0.850. The number of halogens is 4. The Kier molecular flexibility index (Phi) is 5.18. The fourth-order valence-electron chi connectivity index (χ4n) is 5.54. The molecular weight excluding hydrogens is 474 g/mol. The summed E-state index contributed by atoms with van der Waals surface area (Å²) in [6.45, 7) is 2.81. The molecule has 1 aromatic heterocycles. The average Bonchev–Trinajstić information content (AvgIpc) is 3.46. The number of amides is 1. The molecule has 3 aliphatic rings. The number of nitrogens with zero attached hydrogens (tertiary/aromatic N) is 3. The molecular formula is C27H25F4N3O2. The summed E-state index contributed by atoms with van der Waals surface area (Å²) >= 11 is 0. The highest BCUT2D eigenvalue weighted by Crippen LogP contribution is 2.56. The van der Waals surface area contributed by atoms with Gasteiger partial charge in [0, 0.05) is 30.1 Å². The van der Waals surface area contributed by atoms with Gasteiger partial charge in [-0.25, -0.2) is 4.39 Å². The Labute approximate surface area is 205 Å². The van der Waals surface area contributed by atoms with Crippen LogP contribution < -0.4 is 4.74 Å². The largest absolute Gasteiger partial charge is 0.489 e. The molecule has 1 spiro atoms. The van der Waals surface area contributed by atoms with E-state index < -0.39 is 17.6 Å². The van der Waals surface area contributed by atoms with Crippen LogP contribution in [0.25, 0.3) is 11.3 Å². The maximum atomic E-state index is 13.8. The van der Waals surface area contributed by atoms with Crippen molar-refractivity contribution in [1.29, 1.82) is 0 Å². The summed E-state index contributed by atoms with van der Waals surface area (Å²) in [6.07, 6.45) is -0.483. The summed E-state index contributed by atoms with van der Waals surface area (Å²) in [7, 11) is 0. The molecule has 0 bridgehead atoms. The topological polar surface area (TPSA) is 47.4 Å². The molecule has 0 atom stereocenters. The molecule has 2 heterocycles. The number of rotatable bonds is 5. The van der Waals surface area contributed by atoms with Crippen molar-refractivity contribution in [1.82, 2.24) is 14.7 Å². The fourth-order valence-corrected chi connectivity index (χ4v) is 5.54. The molecule has 1 amide bonds. The number of aryl methyl sites for hydroxylation is 1. The van der Waals surface area contributed by atoms with Crippen LogP contribution in [0.3, 0.4) is 0 Å². The van der Waals surface area contributed by atoms with Crippen LogP contribution in [-0.2, 0) is 6.18 Å². The highest BCUT2D eigenvalue weighted by Gasteiger charge is 2.55. The van der Waals surface area contributed by atoms with Crippen molar-refractivity contribution in [3.63, 3.8) is 0 Å². The first-order valence-electron chi connectivity index (χ1n) is 12.1. The van der Waals surface area contributed by atoms with Crippen LogP contribution in [0, 0.1) is 18.2 Å². The predicted octanol–water partition coefficient (Wildman–Crippen LogP) is 6.03. The summed E-state index contributed by atoms with van der Waals surface area (Å²) in [4.78, 5) is 14.8. The van der Waals surface area contributed by atoms with Crippen molar-refractivity contribution < 1.29 is 27.1 Å². The van der Waals surface area contributed by atoms with Gasteiger partial charge in [0.05, 0.1) is 29.6 Å². The Bertz CT molecular complexity index is 1330. The Hall–Kier alpha value is -3.36. The zero-order valence-electron chi connectivity index (χ0n) is 19.7. The Morgan fingerprint density at radius 2 is 1.83 bits per heavy atom. The third kappa shape index (κ3) is 3.94. The number of carbonyl (C=O) groups is 1. The maximum absolute atomic E-state index is 13.8. The number of aromatic nitrogens is 2. The monoisotopic (exact) mass is 499 g/mol. The lowest BCUT2D eigenvalue weighted by Crippen LogP contribution is -2.63. The molecule has 188 valence electrons. The lowest BCUT2D eigenvalue weighted by atomic mass is 9.60. The molecule has 3 aromatic rings. The number of likely N-dealkylation sites (tertiary alicyclic amines) is 1. The second kappa shape index (κ2) is 8.08. The summed E-state index contributed by atoms with van der Waals surface area (Å²) in [5, 5.41) is 4.17. The quantitative estimate of drug-likeness (QED) is 0.403. The van der Waals surface area contributed by atoms with Gasteiger partial charge >= 0.3 is 6.18 Å². The van der Waals surface area contributed by atoms with Gasteiger partial charge in [-0.3, -0.25) is 9.48 Å². The van der Waals surface area contributed by atoms with Gasteiger partial charge in [0.1, 0.15) is 17.1 Å². The van der Waals surface area contributed by atoms with E-state index in [1.54, 1.807) is 36.1 Å². The minimum Gasteiger partial charge on any atom is -0.489 e. The van der Waals surface area contributed by atoms with Gasteiger partial charge in [-0.1, -0.05) is 24.3 Å². The normalized spacial score (nSPS) is 19.2. The molecule has 1 aliphatic heterocycles. The predicted molar refractivity (Wildman–Crippen MR) is 124 cm³/mol. The number of benzene rings is 2. The number of hydrogen-bond acceptors (Lipinski definition) is 3. The third-order valence-corrected chi connectivity index (χ3v) is 7.52. The van der Waals surface area contributed by atoms with Gasteiger partial charge in [-0.05, 0) is 50.3 Å². The van der Waals surface area contributed by atoms with Crippen LogP contribution in [0.2, 0.25) is 0 Å². The summed E-state index contributed by atoms with van der Waals surface area (Å²) in [6, 6.07) is 10.8. The second-order valence-corrected chi connectivity index (χ2v) is 10.3. The standard InChI is InChI=1S/C27H25F4N3O2/c1-16-4-2-3-5-20(16)24-22(27(29,30)31)13-32-34(24)18-11-26(12-18)14-33(15-26)25(35)21-9-6-17(28)10-23(21)36-19-7-8-19/h2-6,9-10,13,18-19H,7-8,11-12,14-15H2,1H3.